The molecule has 1 N–H and O–H groups in total. The average Bonchev–Trinajstić information content (AvgIpc) is 2.52. The fraction of sp³-hybridized carbons (Fsp3) is 1.00. The molecule has 2 unspecified atom stereocenters. The van der Waals surface area contributed by atoms with Gasteiger partial charge in [0.05, 0.1) is 5.25 Å². The van der Waals surface area contributed by atoms with Crippen molar-refractivity contribution >= 4 is 9.84 Å². The van der Waals surface area contributed by atoms with E-state index in [-0.39, 0.29) is 11.3 Å². The molecule has 0 spiro atoms. The zero-order chi connectivity index (χ0) is 10.6. The molecule has 14 heavy (non-hydrogen) atoms. The van der Waals surface area contributed by atoms with Crippen molar-refractivity contribution in [2.24, 2.45) is 0 Å². The molecule has 0 saturated heterocycles. The number of nitrogens with one attached hydrogen (secondary N) is 1. The SMILES string of the molecule is CCCCNC1CCCC1S(C)(=O)=O. The van der Waals surface area contributed by atoms with Crippen molar-refractivity contribution in [1.29, 1.82) is 0 Å². The van der Waals surface area contributed by atoms with E-state index in [1.54, 1.807) is 0 Å². The summed E-state index contributed by atoms with van der Waals surface area (Å²) in [6.07, 6.45) is 6.54. The Morgan fingerprint density at radius 1 is 1.36 bits per heavy atom. The Labute approximate surface area is 87.2 Å². The quantitative estimate of drug-likeness (QED) is 0.710. The molecule has 0 bridgehead atoms. The molecule has 0 aliphatic heterocycles. The number of rotatable bonds is 5. The maximum Gasteiger partial charge on any atom is 0.151 e. The standard InChI is InChI=1S/C10H21NO2S/c1-3-4-8-11-9-6-5-7-10(9)14(2,12)13/h9-11H,3-8H2,1-2H3. The first-order valence-corrected chi connectivity index (χ1v) is 7.43. The number of hydrogen-bond acceptors (Lipinski definition) is 3. The van der Waals surface area contributed by atoms with Gasteiger partial charge in [-0.05, 0) is 25.8 Å². The van der Waals surface area contributed by atoms with Gasteiger partial charge in [0.15, 0.2) is 9.84 Å². The van der Waals surface area contributed by atoms with Crippen LogP contribution in [-0.4, -0.2) is 32.5 Å². The molecule has 0 aromatic carbocycles. The van der Waals surface area contributed by atoms with Crippen LogP contribution in [0.3, 0.4) is 0 Å². The van der Waals surface area contributed by atoms with Crippen molar-refractivity contribution in [1.82, 2.24) is 5.32 Å². The maximum atomic E-state index is 11.4. The molecule has 1 fully saturated rings. The van der Waals surface area contributed by atoms with Crippen LogP contribution in [0.15, 0.2) is 0 Å². The summed E-state index contributed by atoms with van der Waals surface area (Å²) in [5, 5.41) is 3.22. The Morgan fingerprint density at radius 3 is 2.64 bits per heavy atom. The summed E-state index contributed by atoms with van der Waals surface area (Å²) in [5.41, 5.74) is 0. The molecule has 0 amide bonds. The molecule has 1 aliphatic rings. The van der Waals surface area contributed by atoms with Gasteiger partial charge in [-0.1, -0.05) is 19.8 Å². The van der Waals surface area contributed by atoms with Gasteiger partial charge in [0, 0.05) is 12.3 Å². The number of sulfone groups is 1. The van der Waals surface area contributed by atoms with Crippen LogP contribution in [0.2, 0.25) is 0 Å². The fourth-order valence-electron chi connectivity index (χ4n) is 2.14. The van der Waals surface area contributed by atoms with Crippen molar-refractivity contribution in [2.75, 3.05) is 12.8 Å². The van der Waals surface area contributed by atoms with Crippen LogP contribution in [-0.2, 0) is 9.84 Å². The summed E-state index contributed by atoms with van der Waals surface area (Å²) in [6, 6.07) is 0.205. The van der Waals surface area contributed by atoms with E-state index in [0.29, 0.717) is 0 Å². The third-order valence-corrected chi connectivity index (χ3v) is 4.60. The Hall–Kier alpha value is -0.0900. The Morgan fingerprint density at radius 2 is 2.07 bits per heavy atom. The molecule has 0 aromatic heterocycles. The lowest BCUT2D eigenvalue weighted by Gasteiger charge is -2.19. The van der Waals surface area contributed by atoms with Crippen LogP contribution in [0.5, 0.6) is 0 Å². The third kappa shape index (κ3) is 3.24. The molecule has 1 rings (SSSR count). The Balaban J connectivity index is 2.44. The lowest BCUT2D eigenvalue weighted by atomic mass is 10.2. The second kappa shape index (κ2) is 5.12. The normalized spacial score (nSPS) is 28.1. The van der Waals surface area contributed by atoms with Gasteiger partial charge in [-0.15, -0.1) is 0 Å². The monoisotopic (exact) mass is 219 g/mol. The number of unbranched alkanes of at least 4 members (excludes halogenated alkanes) is 1. The molecule has 4 heteroatoms. The van der Waals surface area contributed by atoms with E-state index in [9.17, 15) is 8.42 Å². The highest BCUT2D eigenvalue weighted by Gasteiger charge is 2.33. The second-order valence-electron chi connectivity index (χ2n) is 4.21. The first-order valence-electron chi connectivity index (χ1n) is 5.48. The first kappa shape index (κ1) is 12.0. The van der Waals surface area contributed by atoms with E-state index < -0.39 is 9.84 Å². The molecule has 1 aliphatic carbocycles. The van der Waals surface area contributed by atoms with Crippen molar-refractivity contribution in [2.45, 2.75) is 50.3 Å². The smallest absolute Gasteiger partial charge is 0.151 e. The van der Waals surface area contributed by atoms with Crippen LogP contribution in [0.4, 0.5) is 0 Å². The van der Waals surface area contributed by atoms with Gasteiger partial charge in [0.1, 0.15) is 0 Å². The molecule has 2 atom stereocenters. The van der Waals surface area contributed by atoms with Gasteiger partial charge < -0.3 is 5.32 Å². The van der Waals surface area contributed by atoms with Gasteiger partial charge >= 0.3 is 0 Å². The van der Waals surface area contributed by atoms with Crippen molar-refractivity contribution in [3.8, 4) is 0 Å². The van der Waals surface area contributed by atoms with E-state index >= 15 is 0 Å². The molecule has 0 aromatic rings. The van der Waals surface area contributed by atoms with Gasteiger partial charge in [0.2, 0.25) is 0 Å². The fourth-order valence-corrected chi connectivity index (χ4v) is 3.56. The highest BCUT2D eigenvalue weighted by atomic mass is 32.2. The molecular formula is C10H21NO2S. The van der Waals surface area contributed by atoms with E-state index in [4.69, 9.17) is 0 Å². The van der Waals surface area contributed by atoms with E-state index in [0.717, 1.165) is 38.6 Å². The van der Waals surface area contributed by atoms with Crippen LogP contribution >= 0.6 is 0 Å². The van der Waals surface area contributed by atoms with Crippen LogP contribution in [0.1, 0.15) is 39.0 Å². The summed E-state index contributed by atoms with van der Waals surface area (Å²) in [5.74, 6) is 0. The van der Waals surface area contributed by atoms with Crippen molar-refractivity contribution in [3.63, 3.8) is 0 Å². The van der Waals surface area contributed by atoms with Gasteiger partial charge in [0.25, 0.3) is 0 Å². The Kier molecular flexibility index (Phi) is 4.38. The largest absolute Gasteiger partial charge is 0.313 e. The molecule has 1 saturated carbocycles. The maximum absolute atomic E-state index is 11.4. The molecule has 84 valence electrons. The van der Waals surface area contributed by atoms with Crippen LogP contribution < -0.4 is 5.32 Å². The summed E-state index contributed by atoms with van der Waals surface area (Å²) < 4.78 is 22.9. The highest BCUT2D eigenvalue weighted by molar-refractivity contribution is 7.91. The van der Waals surface area contributed by atoms with E-state index in [1.807, 2.05) is 0 Å². The van der Waals surface area contributed by atoms with Crippen molar-refractivity contribution in [3.05, 3.63) is 0 Å². The summed E-state index contributed by atoms with van der Waals surface area (Å²) in [4.78, 5) is 0. The average molecular weight is 219 g/mol. The Bertz CT molecular complexity index is 261. The minimum absolute atomic E-state index is 0.139. The highest BCUT2D eigenvalue weighted by Crippen LogP contribution is 2.24. The lowest BCUT2D eigenvalue weighted by Crippen LogP contribution is -2.40. The van der Waals surface area contributed by atoms with E-state index in [1.165, 1.54) is 6.26 Å². The molecule has 3 nitrogen and oxygen atoms in total. The minimum Gasteiger partial charge on any atom is -0.313 e. The zero-order valence-corrected chi connectivity index (χ0v) is 9.94. The lowest BCUT2D eigenvalue weighted by molar-refractivity contribution is 0.499. The zero-order valence-electron chi connectivity index (χ0n) is 9.12. The van der Waals surface area contributed by atoms with Crippen LogP contribution in [0.25, 0.3) is 0 Å². The summed E-state index contributed by atoms with van der Waals surface area (Å²) in [6.45, 7) is 3.09. The summed E-state index contributed by atoms with van der Waals surface area (Å²) >= 11 is 0. The second-order valence-corrected chi connectivity index (χ2v) is 6.48. The molecule has 0 radical (unpaired) electrons. The number of hydrogen-bond donors (Lipinski definition) is 1. The first-order chi connectivity index (χ1) is 6.55. The minimum atomic E-state index is -2.85. The van der Waals surface area contributed by atoms with E-state index in [2.05, 4.69) is 12.2 Å². The van der Waals surface area contributed by atoms with Crippen LogP contribution in [0, 0.1) is 0 Å². The summed E-state index contributed by atoms with van der Waals surface area (Å²) in [7, 11) is -2.85. The van der Waals surface area contributed by atoms with Gasteiger partial charge in [-0.25, -0.2) is 8.42 Å². The van der Waals surface area contributed by atoms with Crippen molar-refractivity contribution < 1.29 is 8.42 Å². The third-order valence-electron chi connectivity index (χ3n) is 2.94. The topological polar surface area (TPSA) is 46.2 Å². The van der Waals surface area contributed by atoms with Gasteiger partial charge in [-0.2, -0.15) is 0 Å². The molecule has 0 heterocycles. The molecular weight excluding hydrogens is 198 g/mol. The predicted octanol–water partition coefficient (Wildman–Crippen LogP) is 1.34. The predicted molar refractivity (Wildman–Crippen MR) is 59.2 cm³/mol. The van der Waals surface area contributed by atoms with Gasteiger partial charge in [-0.3, -0.25) is 0 Å².